The molecule has 1 fully saturated rings. The summed E-state index contributed by atoms with van der Waals surface area (Å²) >= 11 is 0. The molecular weight excluding hydrogens is 330 g/mol. The second-order valence-electron chi connectivity index (χ2n) is 6.54. The summed E-state index contributed by atoms with van der Waals surface area (Å²) < 4.78 is 0. The van der Waals surface area contributed by atoms with E-state index < -0.39 is 11.5 Å². The van der Waals surface area contributed by atoms with Crippen molar-refractivity contribution in [2.24, 2.45) is 0 Å². The number of H-pyrrole nitrogens is 1. The maximum atomic E-state index is 12.2. The second-order valence-corrected chi connectivity index (χ2v) is 6.54. The van der Waals surface area contributed by atoms with Gasteiger partial charge in [-0.15, -0.1) is 0 Å². The molecule has 0 spiro atoms. The molecule has 3 N–H and O–H groups in total. The fourth-order valence-electron chi connectivity index (χ4n) is 3.19. The van der Waals surface area contributed by atoms with Crippen LogP contribution in [-0.2, 0) is 4.79 Å². The van der Waals surface area contributed by atoms with Gasteiger partial charge in [0.2, 0.25) is 5.91 Å². The van der Waals surface area contributed by atoms with Crippen molar-refractivity contribution in [3.05, 3.63) is 58.4 Å². The van der Waals surface area contributed by atoms with E-state index in [1.54, 1.807) is 6.07 Å². The summed E-state index contributed by atoms with van der Waals surface area (Å²) in [7, 11) is 0. The van der Waals surface area contributed by atoms with Crippen LogP contribution in [0.4, 0.5) is 0 Å². The lowest BCUT2D eigenvalue weighted by Crippen LogP contribution is -2.36. The van der Waals surface area contributed by atoms with Gasteiger partial charge in [-0.1, -0.05) is 43.2 Å². The summed E-state index contributed by atoms with van der Waals surface area (Å²) in [5.74, 6) is -0.537. The molecule has 2 aromatic rings. The molecule has 1 aliphatic rings. The van der Waals surface area contributed by atoms with Crippen LogP contribution >= 0.6 is 0 Å². The van der Waals surface area contributed by atoms with E-state index in [1.807, 2.05) is 30.3 Å². The first-order valence-corrected chi connectivity index (χ1v) is 9.00. The van der Waals surface area contributed by atoms with Gasteiger partial charge in [0, 0.05) is 24.7 Å². The minimum Gasteiger partial charge on any atom is -0.353 e. The first-order valence-electron chi connectivity index (χ1n) is 9.00. The van der Waals surface area contributed by atoms with Crippen molar-refractivity contribution in [1.82, 2.24) is 15.6 Å². The van der Waals surface area contributed by atoms with E-state index in [0.717, 1.165) is 31.2 Å². The van der Waals surface area contributed by atoms with E-state index in [2.05, 4.69) is 15.6 Å². The van der Waals surface area contributed by atoms with Gasteiger partial charge in [0.15, 0.2) is 0 Å². The van der Waals surface area contributed by atoms with Crippen LogP contribution < -0.4 is 16.2 Å². The van der Waals surface area contributed by atoms with Crippen molar-refractivity contribution in [2.75, 3.05) is 6.54 Å². The number of hydrogen-bond donors (Lipinski definition) is 3. The molecule has 1 aliphatic carbocycles. The largest absolute Gasteiger partial charge is 0.353 e. The third-order valence-corrected chi connectivity index (χ3v) is 4.60. The fourth-order valence-corrected chi connectivity index (χ4v) is 3.19. The Labute approximate surface area is 152 Å². The number of carbonyl (C=O) groups excluding carboxylic acids is 2. The first-order chi connectivity index (χ1) is 12.6. The highest BCUT2D eigenvalue weighted by Crippen LogP contribution is 2.17. The van der Waals surface area contributed by atoms with Crippen LogP contribution in [0.1, 0.15) is 42.5 Å². The summed E-state index contributed by atoms with van der Waals surface area (Å²) in [6, 6.07) is 12.9. The lowest BCUT2D eigenvalue weighted by Gasteiger charge is -2.12. The zero-order chi connectivity index (χ0) is 18.4. The number of aromatic nitrogens is 1. The molecule has 1 saturated carbocycles. The Kier molecular flexibility index (Phi) is 5.84. The van der Waals surface area contributed by atoms with E-state index in [4.69, 9.17) is 0 Å². The van der Waals surface area contributed by atoms with Crippen molar-refractivity contribution < 1.29 is 9.59 Å². The normalized spacial score (nSPS) is 14.2. The van der Waals surface area contributed by atoms with Crippen LogP contribution in [0.25, 0.3) is 11.3 Å². The zero-order valence-electron chi connectivity index (χ0n) is 14.6. The van der Waals surface area contributed by atoms with E-state index in [0.29, 0.717) is 5.69 Å². The number of amides is 2. The molecule has 1 aromatic heterocycles. The maximum absolute atomic E-state index is 12.2. The van der Waals surface area contributed by atoms with Crippen molar-refractivity contribution >= 4 is 11.8 Å². The average molecular weight is 353 g/mol. The number of nitrogens with one attached hydrogen (secondary N) is 3. The van der Waals surface area contributed by atoms with Crippen LogP contribution in [-0.4, -0.2) is 29.4 Å². The zero-order valence-corrected chi connectivity index (χ0v) is 14.6. The number of aromatic amines is 1. The van der Waals surface area contributed by atoms with Gasteiger partial charge in [0.25, 0.3) is 11.5 Å². The maximum Gasteiger partial charge on any atom is 0.261 e. The molecule has 3 rings (SSSR count). The number of benzene rings is 1. The molecule has 2 amide bonds. The topological polar surface area (TPSA) is 91.1 Å². The Hall–Kier alpha value is -2.89. The smallest absolute Gasteiger partial charge is 0.261 e. The Bertz CT molecular complexity index is 824. The van der Waals surface area contributed by atoms with E-state index in [-0.39, 0.29) is 30.5 Å². The van der Waals surface area contributed by atoms with E-state index >= 15 is 0 Å². The lowest BCUT2D eigenvalue weighted by molar-refractivity contribution is -0.121. The Morgan fingerprint density at radius 2 is 1.77 bits per heavy atom. The molecule has 1 aromatic carbocycles. The molecule has 6 nitrogen and oxygen atoms in total. The van der Waals surface area contributed by atoms with Crippen molar-refractivity contribution in [3.63, 3.8) is 0 Å². The molecule has 0 unspecified atom stereocenters. The predicted molar refractivity (Wildman–Crippen MR) is 99.8 cm³/mol. The fraction of sp³-hybridized carbons (Fsp3) is 0.350. The first kappa shape index (κ1) is 17.9. The molecule has 0 aliphatic heterocycles. The van der Waals surface area contributed by atoms with Crippen LogP contribution in [0, 0.1) is 0 Å². The van der Waals surface area contributed by atoms with E-state index in [9.17, 15) is 14.4 Å². The molecule has 1 heterocycles. The van der Waals surface area contributed by atoms with Gasteiger partial charge in [0.05, 0.1) is 0 Å². The summed E-state index contributed by atoms with van der Waals surface area (Å²) in [4.78, 5) is 38.9. The summed E-state index contributed by atoms with van der Waals surface area (Å²) in [6.45, 7) is 0.206. The monoisotopic (exact) mass is 353 g/mol. The van der Waals surface area contributed by atoms with Crippen LogP contribution in [0.15, 0.2) is 47.3 Å². The summed E-state index contributed by atoms with van der Waals surface area (Å²) in [6.07, 6.45) is 4.58. The van der Waals surface area contributed by atoms with Gasteiger partial charge < -0.3 is 15.6 Å². The van der Waals surface area contributed by atoms with Gasteiger partial charge in [0.1, 0.15) is 5.56 Å². The second kappa shape index (κ2) is 8.47. The van der Waals surface area contributed by atoms with Crippen LogP contribution in [0.3, 0.4) is 0 Å². The third kappa shape index (κ3) is 4.59. The molecular formula is C20H23N3O3. The highest BCUT2D eigenvalue weighted by atomic mass is 16.2. The van der Waals surface area contributed by atoms with Gasteiger partial charge in [-0.2, -0.15) is 0 Å². The third-order valence-electron chi connectivity index (χ3n) is 4.60. The highest BCUT2D eigenvalue weighted by molar-refractivity contribution is 5.94. The Morgan fingerprint density at radius 3 is 2.46 bits per heavy atom. The molecule has 26 heavy (non-hydrogen) atoms. The minimum absolute atomic E-state index is 0.0425. The van der Waals surface area contributed by atoms with Gasteiger partial charge in [-0.3, -0.25) is 14.4 Å². The Morgan fingerprint density at radius 1 is 1.04 bits per heavy atom. The average Bonchev–Trinajstić information content (AvgIpc) is 3.15. The number of pyridine rings is 1. The van der Waals surface area contributed by atoms with E-state index in [1.165, 1.54) is 6.07 Å². The molecule has 0 radical (unpaired) electrons. The van der Waals surface area contributed by atoms with Gasteiger partial charge >= 0.3 is 0 Å². The SMILES string of the molecule is O=C(CCNC(=O)c1ccc(-c2ccccc2)[nH]c1=O)NC1CCCC1. The molecule has 0 bridgehead atoms. The van der Waals surface area contributed by atoms with Gasteiger partial charge in [-0.05, 0) is 30.5 Å². The molecule has 136 valence electrons. The predicted octanol–water partition coefficient (Wildman–Crippen LogP) is 2.22. The quantitative estimate of drug-likeness (QED) is 0.744. The lowest BCUT2D eigenvalue weighted by atomic mass is 10.1. The summed E-state index contributed by atoms with van der Waals surface area (Å²) in [5.41, 5.74) is 1.13. The molecule has 0 saturated heterocycles. The molecule has 6 heteroatoms. The highest BCUT2D eigenvalue weighted by Gasteiger charge is 2.17. The van der Waals surface area contributed by atoms with Crippen molar-refractivity contribution in [1.29, 1.82) is 0 Å². The van der Waals surface area contributed by atoms with Crippen molar-refractivity contribution in [3.8, 4) is 11.3 Å². The Balaban J connectivity index is 1.53. The summed E-state index contributed by atoms with van der Waals surface area (Å²) in [5, 5.41) is 5.61. The number of hydrogen-bond acceptors (Lipinski definition) is 3. The number of carbonyl (C=O) groups is 2. The number of rotatable bonds is 6. The van der Waals surface area contributed by atoms with Crippen LogP contribution in [0.2, 0.25) is 0 Å². The van der Waals surface area contributed by atoms with Crippen molar-refractivity contribution in [2.45, 2.75) is 38.1 Å². The standard InChI is InChI=1S/C20H23N3O3/c24-18(22-15-8-4-5-9-15)12-13-21-19(25)16-10-11-17(23-20(16)26)14-6-2-1-3-7-14/h1-3,6-7,10-11,15H,4-5,8-9,12-13H2,(H,21,25)(H,22,24)(H,23,26). The minimum atomic E-state index is -0.473. The molecule has 0 atom stereocenters. The van der Waals surface area contributed by atoms with Gasteiger partial charge in [-0.25, -0.2) is 0 Å². The van der Waals surface area contributed by atoms with Crippen LogP contribution in [0.5, 0.6) is 0 Å².